The highest BCUT2D eigenvalue weighted by Gasteiger charge is 1.85. The molecule has 0 aromatic rings. The van der Waals surface area contributed by atoms with Crippen molar-refractivity contribution >= 4 is 21.6 Å². The lowest BCUT2D eigenvalue weighted by Crippen LogP contribution is -1.74. The van der Waals surface area contributed by atoms with E-state index >= 15 is 0 Å². The van der Waals surface area contributed by atoms with Crippen LogP contribution in [-0.2, 0) is 0 Å². The SMILES string of the molecule is C=CCCCSSCC=C. The number of rotatable bonds is 7. The molecule has 0 bridgehead atoms. The molecule has 58 valence electrons. The van der Waals surface area contributed by atoms with E-state index in [1.165, 1.54) is 12.2 Å². The Morgan fingerprint density at radius 3 is 2.50 bits per heavy atom. The molecule has 0 saturated heterocycles. The van der Waals surface area contributed by atoms with Crippen molar-refractivity contribution < 1.29 is 0 Å². The highest BCUT2D eigenvalue weighted by atomic mass is 33.1. The van der Waals surface area contributed by atoms with Crippen LogP contribution in [0.3, 0.4) is 0 Å². The smallest absolute Gasteiger partial charge is 0.0215 e. The fourth-order valence-corrected chi connectivity index (χ4v) is 2.32. The zero-order valence-electron chi connectivity index (χ0n) is 6.21. The summed E-state index contributed by atoms with van der Waals surface area (Å²) in [6.45, 7) is 7.31. The Labute approximate surface area is 71.6 Å². The predicted molar refractivity (Wildman–Crippen MR) is 54.5 cm³/mol. The third kappa shape index (κ3) is 8.18. The van der Waals surface area contributed by atoms with Gasteiger partial charge in [0.05, 0.1) is 0 Å². The second-order valence-corrected chi connectivity index (χ2v) is 4.45. The van der Waals surface area contributed by atoms with Crippen LogP contribution < -0.4 is 0 Å². The third-order valence-corrected chi connectivity index (χ3v) is 3.31. The van der Waals surface area contributed by atoms with Crippen molar-refractivity contribution in [3.8, 4) is 0 Å². The van der Waals surface area contributed by atoms with E-state index in [1.807, 2.05) is 33.7 Å². The summed E-state index contributed by atoms with van der Waals surface area (Å²) < 4.78 is 0. The van der Waals surface area contributed by atoms with Crippen molar-refractivity contribution in [2.45, 2.75) is 12.8 Å². The molecule has 0 aliphatic carbocycles. The lowest BCUT2D eigenvalue weighted by atomic mass is 10.3. The van der Waals surface area contributed by atoms with Crippen LogP contribution in [0.4, 0.5) is 0 Å². The van der Waals surface area contributed by atoms with Crippen LogP contribution >= 0.6 is 21.6 Å². The zero-order valence-corrected chi connectivity index (χ0v) is 7.85. The number of hydrogen-bond donors (Lipinski definition) is 0. The highest BCUT2D eigenvalue weighted by Crippen LogP contribution is 2.21. The van der Waals surface area contributed by atoms with E-state index in [1.54, 1.807) is 0 Å². The molecular weight excluding hydrogens is 160 g/mol. The van der Waals surface area contributed by atoms with E-state index in [0.29, 0.717) is 0 Å². The number of hydrogen-bond acceptors (Lipinski definition) is 2. The highest BCUT2D eigenvalue weighted by molar-refractivity contribution is 8.76. The fraction of sp³-hybridized carbons (Fsp3) is 0.500. The summed E-state index contributed by atoms with van der Waals surface area (Å²) in [5.74, 6) is 2.28. The van der Waals surface area contributed by atoms with Crippen molar-refractivity contribution in [2.24, 2.45) is 0 Å². The Balaban J connectivity index is 2.76. The Kier molecular flexibility index (Phi) is 9.35. The van der Waals surface area contributed by atoms with E-state index in [9.17, 15) is 0 Å². The Hall–Kier alpha value is 0.180. The normalized spacial score (nSPS) is 9.20. The fourth-order valence-electron chi connectivity index (χ4n) is 0.442. The Bertz CT molecular complexity index is 77.3. The van der Waals surface area contributed by atoms with Gasteiger partial charge in [0.1, 0.15) is 0 Å². The topological polar surface area (TPSA) is 0 Å². The maximum absolute atomic E-state index is 3.66. The average Bonchev–Trinajstić information content (AvgIpc) is 1.97. The Morgan fingerprint density at radius 1 is 1.10 bits per heavy atom. The van der Waals surface area contributed by atoms with Crippen molar-refractivity contribution in [3.63, 3.8) is 0 Å². The van der Waals surface area contributed by atoms with Gasteiger partial charge in [0.25, 0.3) is 0 Å². The van der Waals surface area contributed by atoms with Crippen LogP contribution in [0.1, 0.15) is 12.8 Å². The first-order chi connectivity index (χ1) is 4.91. The molecule has 10 heavy (non-hydrogen) atoms. The molecule has 0 spiro atoms. The lowest BCUT2D eigenvalue weighted by molar-refractivity contribution is 0.977. The third-order valence-electron chi connectivity index (χ3n) is 0.905. The molecule has 0 amide bonds. The lowest BCUT2D eigenvalue weighted by Gasteiger charge is -1.94. The van der Waals surface area contributed by atoms with Gasteiger partial charge >= 0.3 is 0 Å². The van der Waals surface area contributed by atoms with Gasteiger partial charge in [-0.1, -0.05) is 33.7 Å². The molecule has 0 saturated carbocycles. The molecule has 0 radical (unpaired) electrons. The average molecular weight is 174 g/mol. The molecule has 0 fully saturated rings. The molecule has 0 aromatic heterocycles. The summed E-state index contributed by atoms with van der Waals surface area (Å²) in [6, 6.07) is 0. The molecule has 0 heterocycles. The van der Waals surface area contributed by atoms with E-state index in [0.717, 1.165) is 12.2 Å². The molecule has 0 atom stereocenters. The summed E-state index contributed by atoms with van der Waals surface area (Å²) in [7, 11) is 3.78. The maximum atomic E-state index is 3.66. The molecule has 0 N–H and O–H groups in total. The van der Waals surface area contributed by atoms with Gasteiger partial charge in [-0.3, -0.25) is 0 Å². The first-order valence-electron chi connectivity index (χ1n) is 3.38. The van der Waals surface area contributed by atoms with Gasteiger partial charge in [-0.2, -0.15) is 0 Å². The maximum Gasteiger partial charge on any atom is 0.0215 e. The van der Waals surface area contributed by atoms with Crippen molar-refractivity contribution in [3.05, 3.63) is 25.3 Å². The quantitative estimate of drug-likeness (QED) is 0.329. The minimum atomic E-state index is 1.05. The molecule has 0 unspecified atom stereocenters. The van der Waals surface area contributed by atoms with E-state index in [-0.39, 0.29) is 0 Å². The minimum Gasteiger partial charge on any atom is -0.103 e. The van der Waals surface area contributed by atoms with Gasteiger partial charge in [-0.25, -0.2) is 0 Å². The van der Waals surface area contributed by atoms with Gasteiger partial charge in [-0.15, -0.1) is 13.2 Å². The van der Waals surface area contributed by atoms with E-state index in [2.05, 4.69) is 13.2 Å². The second-order valence-electron chi connectivity index (χ2n) is 1.83. The first-order valence-corrected chi connectivity index (χ1v) is 5.87. The van der Waals surface area contributed by atoms with Gasteiger partial charge in [0.2, 0.25) is 0 Å². The number of unbranched alkanes of at least 4 members (excludes halogenated alkanes) is 1. The van der Waals surface area contributed by atoms with Crippen molar-refractivity contribution in [2.75, 3.05) is 11.5 Å². The van der Waals surface area contributed by atoms with Crippen molar-refractivity contribution in [1.29, 1.82) is 0 Å². The predicted octanol–water partition coefficient (Wildman–Crippen LogP) is 3.52. The van der Waals surface area contributed by atoms with Gasteiger partial charge in [-0.05, 0) is 12.8 Å². The van der Waals surface area contributed by atoms with Crippen LogP contribution in [0.2, 0.25) is 0 Å². The van der Waals surface area contributed by atoms with E-state index in [4.69, 9.17) is 0 Å². The largest absolute Gasteiger partial charge is 0.103 e. The van der Waals surface area contributed by atoms with Crippen LogP contribution in [0.5, 0.6) is 0 Å². The number of allylic oxidation sites excluding steroid dienone is 1. The second kappa shape index (κ2) is 9.18. The van der Waals surface area contributed by atoms with E-state index < -0.39 is 0 Å². The zero-order chi connectivity index (χ0) is 7.66. The van der Waals surface area contributed by atoms with Gasteiger partial charge in [0.15, 0.2) is 0 Å². The van der Waals surface area contributed by atoms with Crippen LogP contribution in [-0.4, -0.2) is 11.5 Å². The summed E-state index contributed by atoms with van der Waals surface area (Å²) in [4.78, 5) is 0. The summed E-state index contributed by atoms with van der Waals surface area (Å²) >= 11 is 0. The van der Waals surface area contributed by atoms with Gasteiger partial charge in [0, 0.05) is 11.5 Å². The molecule has 0 aliphatic heterocycles. The molecule has 2 heteroatoms. The van der Waals surface area contributed by atoms with Crippen LogP contribution in [0.25, 0.3) is 0 Å². The summed E-state index contributed by atoms with van der Waals surface area (Å²) in [5.41, 5.74) is 0. The summed E-state index contributed by atoms with van der Waals surface area (Å²) in [5, 5.41) is 0. The minimum absolute atomic E-state index is 1.05. The first kappa shape index (κ1) is 10.2. The summed E-state index contributed by atoms with van der Waals surface area (Å²) in [6.07, 6.45) is 6.30. The molecular formula is C8H14S2. The molecule has 0 aromatic carbocycles. The van der Waals surface area contributed by atoms with Crippen LogP contribution in [0, 0.1) is 0 Å². The van der Waals surface area contributed by atoms with Crippen molar-refractivity contribution in [1.82, 2.24) is 0 Å². The molecule has 0 rings (SSSR count). The monoisotopic (exact) mass is 174 g/mol. The van der Waals surface area contributed by atoms with Crippen LogP contribution in [0.15, 0.2) is 25.3 Å². The van der Waals surface area contributed by atoms with Gasteiger partial charge < -0.3 is 0 Å². The molecule has 0 aliphatic rings. The standard InChI is InChI=1S/C8H14S2/c1-3-5-6-8-10-9-7-4-2/h3-4H,1-2,5-8H2. The Morgan fingerprint density at radius 2 is 1.90 bits per heavy atom. The molecule has 0 nitrogen and oxygen atoms in total.